The van der Waals surface area contributed by atoms with Crippen LogP contribution in [0.3, 0.4) is 0 Å². The van der Waals surface area contributed by atoms with E-state index in [-0.39, 0.29) is 11.2 Å². The molecule has 0 spiro atoms. The number of nitrogens with two attached hydrogens (primary N) is 1. The van der Waals surface area contributed by atoms with Crippen molar-refractivity contribution >= 4 is 40.1 Å². The van der Waals surface area contributed by atoms with Crippen LogP contribution in [0.5, 0.6) is 0 Å². The number of nitrogen functional groups attached to an aromatic ring is 1. The van der Waals surface area contributed by atoms with Gasteiger partial charge in [0.25, 0.3) is 0 Å². The summed E-state index contributed by atoms with van der Waals surface area (Å²) >= 11 is 7.16. The van der Waals surface area contributed by atoms with Crippen LogP contribution in [-0.2, 0) is 0 Å². The van der Waals surface area contributed by atoms with E-state index >= 15 is 0 Å². The summed E-state index contributed by atoms with van der Waals surface area (Å²) in [7, 11) is 0. The monoisotopic (exact) mass is 288 g/mol. The molecule has 0 saturated carbocycles. The van der Waals surface area contributed by atoms with Crippen molar-refractivity contribution in [3.8, 4) is 0 Å². The molecule has 0 fully saturated rings. The Hall–Kier alpha value is -1.85. The molecule has 0 radical (unpaired) electrons. The fourth-order valence-electron chi connectivity index (χ4n) is 1.73. The number of anilines is 1. The number of hydrogen-bond acceptors (Lipinski definition) is 5. The van der Waals surface area contributed by atoms with Gasteiger partial charge in [-0.1, -0.05) is 30.3 Å². The van der Waals surface area contributed by atoms with E-state index in [4.69, 9.17) is 17.3 Å². The van der Waals surface area contributed by atoms with E-state index in [2.05, 4.69) is 39.2 Å². The highest BCUT2D eigenvalue weighted by Crippen LogP contribution is 2.28. The highest BCUT2D eigenvalue weighted by atomic mass is 35.5. The molecule has 0 amide bonds. The van der Waals surface area contributed by atoms with Crippen molar-refractivity contribution < 1.29 is 0 Å². The van der Waals surface area contributed by atoms with Crippen LogP contribution >= 0.6 is 23.4 Å². The molecule has 2 aromatic carbocycles. The van der Waals surface area contributed by atoms with Gasteiger partial charge in [0.1, 0.15) is 0 Å². The Bertz CT molecular complexity index is 727. The summed E-state index contributed by atoms with van der Waals surface area (Å²) in [4.78, 5) is 12.8. The van der Waals surface area contributed by atoms with E-state index in [0.29, 0.717) is 5.16 Å². The number of rotatable bonds is 2. The summed E-state index contributed by atoms with van der Waals surface area (Å²) < 4.78 is 0. The Balaban J connectivity index is 1.96. The molecule has 0 aliphatic rings. The molecule has 2 N–H and O–H groups in total. The maximum Gasteiger partial charge on any atom is 0.228 e. The normalized spacial score (nSPS) is 10.8. The number of halogens is 1. The van der Waals surface area contributed by atoms with Crippen LogP contribution in [0.15, 0.2) is 52.5 Å². The molecule has 1 aromatic heterocycles. The predicted octanol–water partition coefficient (Wildman–Crippen LogP) is 3.41. The number of nitrogens with zero attached hydrogens (tertiary/aromatic N) is 3. The van der Waals surface area contributed by atoms with Crippen molar-refractivity contribution in [2.24, 2.45) is 0 Å². The molecule has 0 saturated heterocycles. The fraction of sp³-hybridized carbons (Fsp3) is 0. The number of aromatic nitrogens is 3. The van der Waals surface area contributed by atoms with Crippen LogP contribution in [0.1, 0.15) is 0 Å². The van der Waals surface area contributed by atoms with Crippen molar-refractivity contribution in [3.63, 3.8) is 0 Å². The molecular weight excluding hydrogens is 280 g/mol. The molecule has 0 bridgehead atoms. The summed E-state index contributed by atoms with van der Waals surface area (Å²) in [5.74, 6) is 0.128. The number of fused-ring (bicyclic) bond motifs is 1. The first-order valence-electron chi connectivity index (χ1n) is 5.54. The highest BCUT2D eigenvalue weighted by molar-refractivity contribution is 7.99. The van der Waals surface area contributed by atoms with Crippen LogP contribution in [0.4, 0.5) is 5.95 Å². The lowest BCUT2D eigenvalue weighted by molar-refractivity contribution is 0.917. The van der Waals surface area contributed by atoms with Crippen molar-refractivity contribution in [2.75, 3.05) is 5.73 Å². The SMILES string of the molecule is Nc1nc(Cl)nc(Sc2ccc3ccccc3c2)n1. The molecule has 94 valence electrons. The zero-order chi connectivity index (χ0) is 13.2. The summed E-state index contributed by atoms with van der Waals surface area (Å²) in [6, 6.07) is 14.3. The molecule has 4 nitrogen and oxygen atoms in total. The average molecular weight is 289 g/mol. The molecule has 0 aliphatic carbocycles. The van der Waals surface area contributed by atoms with E-state index < -0.39 is 0 Å². The Morgan fingerprint density at radius 3 is 2.53 bits per heavy atom. The van der Waals surface area contributed by atoms with Crippen LogP contribution in [0.2, 0.25) is 5.28 Å². The van der Waals surface area contributed by atoms with E-state index in [0.717, 1.165) is 4.90 Å². The van der Waals surface area contributed by atoms with Crippen LogP contribution in [0.25, 0.3) is 10.8 Å². The van der Waals surface area contributed by atoms with Gasteiger partial charge < -0.3 is 5.73 Å². The van der Waals surface area contributed by atoms with E-state index in [1.165, 1.54) is 22.5 Å². The Labute approximate surface area is 119 Å². The quantitative estimate of drug-likeness (QED) is 0.783. The zero-order valence-corrected chi connectivity index (χ0v) is 11.3. The highest BCUT2D eigenvalue weighted by Gasteiger charge is 2.05. The smallest absolute Gasteiger partial charge is 0.228 e. The summed E-state index contributed by atoms with van der Waals surface area (Å²) in [6.07, 6.45) is 0. The average Bonchev–Trinajstić information content (AvgIpc) is 2.37. The number of benzene rings is 2. The van der Waals surface area contributed by atoms with Gasteiger partial charge in [0.15, 0.2) is 5.16 Å². The minimum atomic E-state index is 0.107. The largest absolute Gasteiger partial charge is 0.368 e. The Kier molecular flexibility index (Phi) is 3.23. The first kappa shape index (κ1) is 12.2. The molecule has 19 heavy (non-hydrogen) atoms. The van der Waals surface area contributed by atoms with Crippen LogP contribution in [0, 0.1) is 0 Å². The molecule has 3 aromatic rings. The standard InChI is InChI=1S/C13H9ClN4S/c14-11-16-12(15)18-13(17-11)19-10-6-5-8-3-1-2-4-9(8)7-10/h1-7H,(H2,15,16,17,18). The van der Waals surface area contributed by atoms with Crippen molar-refractivity contribution in [1.29, 1.82) is 0 Å². The maximum atomic E-state index is 5.76. The molecule has 0 atom stereocenters. The maximum absolute atomic E-state index is 5.76. The molecule has 0 aliphatic heterocycles. The van der Waals surface area contributed by atoms with E-state index in [1.807, 2.05) is 18.2 Å². The lowest BCUT2D eigenvalue weighted by Gasteiger charge is -2.03. The summed E-state index contributed by atoms with van der Waals surface area (Å²) in [5, 5.41) is 2.96. The van der Waals surface area contributed by atoms with E-state index in [1.54, 1.807) is 0 Å². The lowest BCUT2D eigenvalue weighted by Crippen LogP contribution is -1.98. The number of hydrogen-bond donors (Lipinski definition) is 1. The third kappa shape index (κ3) is 2.77. The van der Waals surface area contributed by atoms with Gasteiger partial charge in [-0.15, -0.1) is 0 Å². The topological polar surface area (TPSA) is 64.7 Å². The molecular formula is C13H9ClN4S. The lowest BCUT2D eigenvalue weighted by atomic mass is 10.1. The van der Waals surface area contributed by atoms with Gasteiger partial charge in [-0.05, 0) is 46.3 Å². The second-order valence-corrected chi connectivity index (χ2v) is 5.23. The van der Waals surface area contributed by atoms with Gasteiger partial charge in [-0.3, -0.25) is 0 Å². The van der Waals surface area contributed by atoms with Crippen molar-refractivity contribution in [1.82, 2.24) is 15.0 Å². The third-order valence-corrected chi connectivity index (χ3v) is 3.56. The molecule has 1 heterocycles. The van der Waals surface area contributed by atoms with Gasteiger partial charge in [0, 0.05) is 4.90 Å². The Morgan fingerprint density at radius 2 is 1.74 bits per heavy atom. The second kappa shape index (κ2) is 5.03. The van der Waals surface area contributed by atoms with Crippen LogP contribution < -0.4 is 5.73 Å². The minimum Gasteiger partial charge on any atom is -0.368 e. The first-order valence-corrected chi connectivity index (χ1v) is 6.74. The molecule has 6 heteroatoms. The minimum absolute atomic E-state index is 0.107. The fourth-order valence-corrected chi connectivity index (χ4v) is 2.75. The van der Waals surface area contributed by atoms with Crippen LogP contribution in [-0.4, -0.2) is 15.0 Å². The summed E-state index contributed by atoms with van der Waals surface area (Å²) in [5.41, 5.74) is 5.54. The Morgan fingerprint density at radius 1 is 0.947 bits per heavy atom. The van der Waals surface area contributed by atoms with Gasteiger partial charge in [-0.25, -0.2) is 0 Å². The molecule has 0 unspecified atom stereocenters. The second-order valence-electron chi connectivity index (χ2n) is 3.86. The van der Waals surface area contributed by atoms with Gasteiger partial charge in [0.05, 0.1) is 0 Å². The van der Waals surface area contributed by atoms with Gasteiger partial charge in [0.2, 0.25) is 11.2 Å². The van der Waals surface area contributed by atoms with Crippen molar-refractivity contribution in [2.45, 2.75) is 10.1 Å². The van der Waals surface area contributed by atoms with Gasteiger partial charge in [-0.2, -0.15) is 15.0 Å². The predicted molar refractivity (Wildman–Crippen MR) is 77.3 cm³/mol. The van der Waals surface area contributed by atoms with Gasteiger partial charge >= 0.3 is 0 Å². The third-order valence-electron chi connectivity index (χ3n) is 2.53. The van der Waals surface area contributed by atoms with E-state index in [9.17, 15) is 0 Å². The zero-order valence-electron chi connectivity index (χ0n) is 9.75. The van der Waals surface area contributed by atoms with Crippen molar-refractivity contribution in [3.05, 3.63) is 47.7 Å². The first-order chi connectivity index (χ1) is 9.20. The molecule has 3 rings (SSSR count). The summed E-state index contributed by atoms with van der Waals surface area (Å²) in [6.45, 7) is 0.